The molecule has 0 saturated carbocycles. The smallest absolute Gasteiger partial charge is 0.128 e. The van der Waals surface area contributed by atoms with Crippen LogP contribution in [0.5, 0.6) is 34.5 Å². The summed E-state index contributed by atoms with van der Waals surface area (Å²) in [7, 11) is 0. The molecule has 5 aromatic carbocycles. The van der Waals surface area contributed by atoms with Crippen molar-refractivity contribution in [3.8, 4) is 34.5 Å². The Bertz CT molecular complexity index is 1400. The molecular formula is C31H24O4. The molecule has 0 saturated heterocycles. The first-order valence-electron chi connectivity index (χ1n) is 11.3. The molecule has 0 fully saturated rings. The maximum absolute atomic E-state index is 10.9. The normalized spacial score (nSPS) is 11.5. The second-order valence-corrected chi connectivity index (χ2v) is 8.15. The fourth-order valence-electron chi connectivity index (χ4n) is 4.06. The Kier molecular flexibility index (Phi) is 6.35. The zero-order chi connectivity index (χ0) is 24.0. The largest absolute Gasteiger partial charge is 0.508 e. The van der Waals surface area contributed by atoms with E-state index in [4.69, 9.17) is 9.47 Å². The first-order valence-corrected chi connectivity index (χ1v) is 11.3. The number of para-hydroxylation sites is 1. The van der Waals surface area contributed by atoms with E-state index >= 15 is 0 Å². The predicted octanol–water partition coefficient (Wildman–Crippen LogP) is 7.86. The Balaban J connectivity index is 1.54. The summed E-state index contributed by atoms with van der Waals surface area (Å²) in [6.07, 6.45) is 0. The molecule has 4 heteroatoms. The van der Waals surface area contributed by atoms with Crippen LogP contribution in [0, 0.1) is 0 Å². The van der Waals surface area contributed by atoms with Crippen LogP contribution in [-0.4, -0.2) is 10.2 Å². The van der Waals surface area contributed by atoms with Crippen LogP contribution in [0.15, 0.2) is 127 Å². The van der Waals surface area contributed by atoms with Gasteiger partial charge in [-0.25, -0.2) is 0 Å². The Morgan fingerprint density at radius 2 is 1.00 bits per heavy atom. The van der Waals surface area contributed by atoms with E-state index in [1.54, 1.807) is 36.4 Å². The van der Waals surface area contributed by atoms with Crippen molar-refractivity contribution >= 4 is 0 Å². The molecule has 1 atom stereocenters. The highest BCUT2D eigenvalue weighted by molar-refractivity contribution is 5.53. The third-order valence-corrected chi connectivity index (χ3v) is 5.69. The van der Waals surface area contributed by atoms with Crippen molar-refractivity contribution in [2.24, 2.45) is 0 Å². The van der Waals surface area contributed by atoms with Gasteiger partial charge in [-0.05, 0) is 77.9 Å². The summed E-state index contributed by atoms with van der Waals surface area (Å²) in [5.41, 5.74) is 2.72. The van der Waals surface area contributed by atoms with E-state index in [9.17, 15) is 10.2 Å². The topological polar surface area (TPSA) is 58.9 Å². The number of phenolic OH excluding ortho intramolecular Hbond substituents is 2. The molecule has 0 amide bonds. The van der Waals surface area contributed by atoms with E-state index in [1.807, 2.05) is 91.0 Å². The standard InChI is InChI=1S/C31H24O4/c32-24-14-16-26(17-15-24)35-28-18-19-30(33)29(21-28)31(22-8-3-1-4-9-22)23-10-7-13-27(20-23)34-25-11-5-2-6-12-25/h1-21,31-33H. The molecule has 2 N–H and O–H groups in total. The zero-order valence-corrected chi connectivity index (χ0v) is 18.9. The van der Waals surface area contributed by atoms with Crippen molar-refractivity contribution < 1.29 is 19.7 Å². The molecule has 0 aromatic heterocycles. The van der Waals surface area contributed by atoms with Gasteiger partial charge in [-0.2, -0.15) is 0 Å². The van der Waals surface area contributed by atoms with Crippen LogP contribution in [-0.2, 0) is 0 Å². The monoisotopic (exact) mass is 460 g/mol. The number of ether oxygens (including phenoxy) is 2. The van der Waals surface area contributed by atoms with Gasteiger partial charge >= 0.3 is 0 Å². The second kappa shape index (κ2) is 10.1. The number of phenols is 2. The van der Waals surface area contributed by atoms with Gasteiger partial charge in [0.2, 0.25) is 0 Å². The molecule has 0 aliphatic rings. The fourth-order valence-corrected chi connectivity index (χ4v) is 4.06. The molecule has 1 unspecified atom stereocenters. The molecule has 172 valence electrons. The third kappa shape index (κ3) is 5.28. The molecule has 5 aromatic rings. The average Bonchev–Trinajstić information content (AvgIpc) is 2.89. The molecule has 4 nitrogen and oxygen atoms in total. The van der Waals surface area contributed by atoms with Crippen molar-refractivity contribution in [3.05, 3.63) is 144 Å². The van der Waals surface area contributed by atoms with Gasteiger partial charge in [0.05, 0.1) is 0 Å². The molecule has 0 radical (unpaired) electrons. The molecule has 35 heavy (non-hydrogen) atoms. The summed E-state index contributed by atoms with van der Waals surface area (Å²) in [6.45, 7) is 0. The van der Waals surface area contributed by atoms with Crippen molar-refractivity contribution in [2.75, 3.05) is 0 Å². The van der Waals surface area contributed by atoms with Crippen molar-refractivity contribution in [2.45, 2.75) is 5.92 Å². The van der Waals surface area contributed by atoms with Crippen LogP contribution in [0.3, 0.4) is 0 Å². The van der Waals surface area contributed by atoms with Gasteiger partial charge in [0.15, 0.2) is 0 Å². The summed E-state index contributed by atoms with van der Waals surface area (Å²) < 4.78 is 12.1. The highest BCUT2D eigenvalue weighted by Crippen LogP contribution is 2.40. The van der Waals surface area contributed by atoms with Crippen LogP contribution >= 0.6 is 0 Å². The summed E-state index contributed by atoms with van der Waals surface area (Å²) in [5.74, 6) is 2.74. The summed E-state index contributed by atoms with van der Waals surface area (Å²) in [6, 6.07) is 39.3. The van der Waals surface area contributed by atoms with Crippen LogP contribution in [0.1, 0.15) is 22.6 Å². The van der Waals surface area contributed by atoms with Crippen LogP contribution in [0.4, 0.5) is 0 Å². The molecule has 0 aliphatic carbocycles. The van der Waals surface area contributed by atoms with Crippen molar-refractivity contribution in [1.29, 1.82) is 0 Å². The van der Waals surface area contributed by atoms with Crippen LogP contribution in [0.25, 0.3) is 0 Å². The lowest BCUT2D eigenvalue weighted by molar-refractivity contribution is 0.454. The SMILES string of the molecule is Oc1ccc(Oc2ccc(O)c(C(c3ccccc3)c3cccc(Oc4ccccc4)c3)c2)cc1. The van der Waals surface area contributed by atoms with E-state index in [0.717, 1.165) is 16.9 Å². The quantitative estimate of drug-likeness (QED) is 0.243. The predicted molar refractivity (Wildman–Crippen MR) is 137 cm³/mol. The minimum Gasteiger partial charge on any atom is -0.508 e. The summed E-state index contributed by atoms with van der Waals surface area (Å²) >= 11 is 0. The highest BCUT2D eigenvalue weighted by Gasteiger charge is 2.21. The summed E-state index contributed by atoms with van der Waals surface area (Å²) in [4.78, 5) is 0. The first-order chi connectivity index (χ1) is 17.2. The number of benzene rings is 5. The molecule has 0 bridgehead atoms. The number of aromatic hydroxyl groups is 2. The Hall–Kier alpha value is -4.70. The Morgan fingerprint density at radius 3 is 1.71 bits per heavy atom. The van der Waals surface area contributed by atoms with Crippen LogP contribution in [0.2, 0.25) is 0 Å². The van der Waals surface area contributed by atoms with E-state index in [1.165, 1.54) is 0 Å². The van der Waals surface area contributed by atoms with E-state index in [0.29, 0.717) is 22.8 Å². The third-order valence-electron chi connectivity index (χ3n) is 5.69. The first kappa shape index (κ1) is 22.1. The number of hydrogen-bond acceptors (Lipinski definition) is 4. The summed E-state index contributed by atoms with van der Waals surface area (Å²) in [5, 5.41) is 20.5. The Labute approximate surface area is 204 Å². The van der Waals surface area contributed by atoms with Gasteiger partial charge < -0.3 is 19.7 Å². The van der Waals surface area contributed by atoms with Gasteiger partial charge in [-0.3, -0.25) is 0 Å². The van der Waals surface area contributed by atoms with Gasteiger partial charge in [0, 0.05) is 11.5 Å². The highest BCUT2D eigenvalue weighted by atomic mass is 16.5. The van der Waals surface area contributed by atoms with Gasteiger partial charge in [-0.1, -0.05) is 60.7 Å². The average molecular weight is 461 g/mol. The lowest BCUT2D eigenvalue weighted by atomic mass is 9.84. The molecule has 0 heterocycles. The fraction of sp³-hybridized carbons (Fsp3) is 0.0323. The van der Waals surface area contributed by atoms with Crippen molar-refractivity contribution in [3.63, 3.8) is 0 Å². The second-order valence-electron chi connectivity index (χ2n) is 8.15. The van der Waals surface area contributed by atoms with E-state index in [2.05, 4.69) is 0 Å². The maximum atomic E-state index is 10.9. The lowest BCUT2D eigenvalue weighted by Gasteiger charge is -2.21. The molecular weight excluding hydrogens is 436 g/mol. The number of hydrogen-bond donors (Lipinski definition) is 2. The lowest BCUT2D eigenvalue weighted by Crippen LogP contribution is -2.04. The minimum absolute atomic E-state index is 0.172. The molecule has 5 rings (SSSR count). The molecule has 0 aliphatic heterocycles. The van der Waals surface area contributed by atoms with Crippen LogP contribution < -0.4 is 9.47 Å². The minimum atomic E-state index is -0.251. The molecule has 0 spiro atoms. The zero-order valence-electron chi connectivity index (χ0n) is 18.9. The van der Waals surface area contributed by atoms with Crippen molar-refractivity contribution in [1.82, 2.24) is 0 Å². The van der Waals surface area contributed by atoms with Gasteiger partial charge in [0.25, 0.3) is 0 Å². The van der Waals surface area contributed by atoms with Gasteiger partial charge in [-0.15, -0.1) is 0 Å². The van der Waals surface area contributed by atoms with Gasteiger partial charge in [0.1, 0.15) is 34.5 Å². The van der Waals surface area contributed by atoms with E-state index in [-0.39, 0.29) is 17.4 Å². The van der Waals surface area contributed by atoms with E-state index < -0.39 is 0 Å². The Morgan fingerprint density at radius 1 is 0.457 bits per heavy atom. The maximum Gasteiger partial charge on any atom is 0.128 e. The number of rotatable bonds is 7.